The smallest absolute Gasteiger partial charge is 0.222 e. The summed E-state index contributed by atoms with van der Waals surface area (Å²) in [6.45, 7) is 7.20. The quantitative estimate of drug-likeness (QED) is 0.716. The lowest BCUT2D eigenvalue weighted by molar-refractivity contribution is -0.133. The number of nitrogens with zero attached hydrogens (tertiary/aromatic N) is 1. The van der Waals surface area contributed by atoms with Crippen LogP contribution >= 0.6 is 0 Å². The van der Waals surface area contributed by atoms with Crippen LogP contribution in [0.2, 0.25) is 0 Å². The van der Waals surface area contributed by atoms with Gasteiger partial charge in [0.05, 0.1) is 0 Å². The van der Waals surface area contributed by atoms with Gasteiger partial charge < -0.3 is 15.4 Å². The molecule has 0 radical (unpaired) electrons. The Morgan fingerprint density at radius 3 is 2.88 bits per heavy atom. The first kappa shape index (κ1) is 14.5. The van der Waals surface area contributed by atoms with E-state index in [1.54, 1.807) is 0 Å². The fourth-order valence-electron chi connectivity index (χ4n) is 2.34. The van der Waals surface area contributed by atoms with Gasteiger partial charge in [0.1, 0.15) is 0 Å². The summed E-state index contributed by atoms with van der Waals surface area (Å²) in [6, 6.07) is 0.271. The van der Waals surface area contributed by atoms with Gasteiger partial charge in [-0.05, 0) is 25.7 Å². The number of nitrogens with two attached hydrogens (primary N) is 1. The lowest BCUT2D eigenvalue weighted by Gasteiger charge is -2.36. The molecule has 1 heterocycles. The van der Waals surface area contributed by atoms with Gasteiger partial charge >= 0.3 is 0 Å². The van der Waals surface area contributed by atoms with E-state index in [1.165, 1.54) is 0 Å². The van der Waals surface area contributed by atoms with Crippen LogP contribution < -0.4 is 5.73 Å². The molecule has 0 saturated carbocycles. The fourth-order valence-corrected chi connectivity index (χ4v) is 2.34. The number of carbonyl (C=O) groups is 1. The largest absolute Gasteiger partial charge is 0.382 e. The van der Waals surface area contributed by atoms with Crippen molar-refractivity contribution in [1.29, 1.82) is 0 Å². The van der Waals surface area contributed by atoms with Crippen LogP contribution in [-0.4, -0.2) is 43.2 Å². The van der Waals surface area contributed by atoms with Crippen molar-refractivity contribution in [3.63, 3.8) is 0 Å². The van der Waals surface area contributed by atoms with E-state index in [0.29, 0.717) is 18.9 Å². The monoisotopic (exact) mass is 242 g/mol. The van der Waals surface area contributed by atoms with Crippen molar-refractivity contribution in [2.24, 2.45) is 11.7 Å². The van der Waals surface area contributed by atoms with E-state index >= 15 is 0 Å². The summed E-state index contributed by atoms with van der Waals surface area (Å²) in [5.41, 5.74) is 6.03. The summed E-state index contributed by atoms with van der Waals surface area (Å²) < 4.78 is 5.24. The molecule has 1 saturated heterocycles. The van der Waals surface area contributed by atoms with Crippen molar-refractivity contribution in [2.45, 2.75) is 45.6 Å². The van der Waals surface area contributed by atoms with Crippen molar-refractivity contribution in [3.8, 4) is 0 Å². The van der Waals surface area contributed by atoms with Gasteiger partial charge in [-0.25, -0.2) is 0 Å². The summed E-state index contributed by atoms with van der Waals surface area (Å²) in [6.07, 6.45) is 3.43. The Labute approximate surface area is 104 Å². The normalized spacial score (nSPS) is 25.0. The highest BCUT2D eigenvalue weighted by Gasteiger charge is 2.27. The van der Waals surface area contributed by atoms with Crippen molar-refractivity contribution in [2.75, 3.05) is 26.3 Å². The van der Waals surface area contributed by atoms with Gasteiger partial charge in [0.2, 0.25) is 5.91 Å². The minimum atomic E-state index is 0.259. The molecule has 2 N–H and O–H groups in total. The Balaban J connectivity index is 2.27. The van der Waals surface area contributed by atoms with Gasteiger partial charge in [-0.15, -0.1) is 0 Å². The molecular weight excluding hydrogens is 216 g/mol. The Morgan fingerprint density at radius 1 is 1.47 bits per heavy atom. The van der Waals surface area contributed by atoms with Crippen LogP contribution in [0.1, 0.15) is 39.5 Å². The van der Waals surface area contributed by atoms with E-state index in [2.05, 4.69) is 6.92 Å². The number of rotatable bonds is 6. The van der Waals surface area contributed by atoms with Crippen molar-refractivity contribution >= 4 is 5.91 Å². The lowest BCUT2D eigenvalue weighted by Crippen LogP contribution is -2.49. The summed E-state index contributed by atoms with van der Waals surface area (Å²) in [4.78, 5) is 13.9. The molecule has 1 aliphatic heterocycles. The van der Waals surface area contributed by atoms with Crippen LogP contribution in [0.5, 0.6) is 0 Å². The van der Waals surface area contributed by atoms with Crippen LogP contribution in [0.15, 0.2) is 0 Å². The van der Waals surface area contributed by atoms with E-state index in [-0.39, 0.29) is 11.9 Å². The molecule has 1 fully saturated rings. The second kappa shape index (κ2) is 7.67. The number of amides is 1. The highest BCUT2D eigenvalue weighted by Crippen LogP contribution is 2.19. The molecule has 1 amide bonds. The molecule has 4 nitrogen and oxygen atoms in total. The Hall–Kier alpha value is -0.610. The third-order valence-corrected chi connectivity index (χ3v) is 3.55. The van der Waals surface area contributed by atoms with Gasteiger partial charge in [-0.3, -0.25) is 4.79 Å². The van der Waals surface area contributed by atoms with Gasteiger partial charge in [0.15, 0.2) is 0 Å². The molecule has 4 heteroatoms. The molecule has 1 rings (SSSR count). The fraction of sp³-hybridized carbons (Fsp3) is 0.923. The topological polar surface area (TPSA) is 55.6 Å². The number of ether oxygens (including phenoxy) is 1. The van der Waals surface area contributed by atoms with Gasteiger partial charge in [-0.1, -0.05) is 13.3 Å². The van der Waals surface area contributed by atoms with E-state index in [4.69, 9.17) is 10.5 Å². The van der Waals surface area contributed by atoms with Crippen molar-refractivity contribution in [1.82, 2.24) is 4.90 Å². The number of carbonyl (C=O) groups excluding carboxylic acids is 1. The average Bonchev–Trinajstić information content (AvgIpc) is 2.35. The van der Waals surface area contributed by atoms with Crippen LogP contribution in [0.25, 0.3) is 0 Å². The van der Waals surface area contributed by atoms with E-state index in [0.717, 1.165) is 39.0 Å². The number of piperidine rings is 1. The highest BCUT2D eigenvalue weighted by atomic mass is 16.5. The first-order chi connectivity index (χ1) is 8.19. The second-order valence-corrected chi connectivity index (χ2v) is 4.76. The number of hydrogen-bond donors (Lipinski definition) is 1. The Bertz CT molecular complexity index is 233. The molecular formula is C13H26N2O2. The van der Waals surface area contributed by atoms with Crippen LogP contribution in [0.3, 0.4) is 0 Å². The molecule has 1 aliphatic rings. The maximum absolute atomic E-state index is 12.0. The second-order valence-electron chi connectivity index (χ2n) is 4.76. The molecule has 0 aromatic rings. The van der Waals surface area contributed by atoms with Crippen LogP contribution in [0, 0.1) is 5.92 Å². The minimum absolute atomic E-state index is 0.259. The first-order valence-corrected chi connectivity index (χ1v) is 6.80. The molecule has 0 aromatic heterocycles. The third-order valence-electron chi connectivity index (χ3n) is 3.55. The SMILES string of the molecule is CCOCCCC(=O)N1CCC(N)C(CC)C1. The minimum Gasteiger partial charge on any atom is -0.382 e. The standard InChI is InChI=1S/C13H26N2O2/c1-3-11-10-15(8-7-12(11)14)13(16)6-5-9-17-4-2/h11-12H,3-10,14H2,1-2H3. The van der Waals surface area contributed by atoms with Crippen LogP contribution in [0.4, 0.5) is 0 Å². The zero-order valence-corrected chi connectivity index (χ0v) is 11.2. The molecule has 0 spiro atoms. The molecule has 0 aromatic carbocycles. The molecule has 2 unspecified atom stereocenters. The van der Waals surface area contributed by atoms with Crippen molar-refractivity contribution < 1.29 is 9.53 Å². The van der Waals surface area contributed by atoms with Gasteiger partial charge in [0, 0.05) is 38.8 Å². The van der Waals surface area contributed by atoms with Gasteiger partial charge in [-0.2, -0.15) is 0 Å². The maximum atomic E-state index is 12.0. The summed E-state index contributed by atoms with van der Waals surface area (Å²) in [7, 11) is 0. The van der Waals surface area contributed by atoms with Crippen molar-refractivity contribution in [3.05, 3.63) is 0 Å². The highest BCUT2D eigenvalue weighted by molar-refractivity contribution is 5.76. The van der Waals surface area contributed by atoms with Gasteiger partial charge in [0.25, 0.3) is 0 Å². The average molecular weight is 242 g/mol. The predicted molar refractivity (Wildman–Crippen MR) is 68.7 cm³/mol. The van der Waals surface area contributed by atoms with E-state index < -0.39 is 0 Å². The molecule has 0 bridgehead atoms. The van der Waals surface area contributed by atoms with E-state index in [9.17, 15) is 4.79 Å². The zero-order chi connectivity index (χ0) is 12.7. The molecule has 17 heavy (non-hydrogen) atoms. The maximum Gasteiger partial charge on any atom is 0.222 e. The van der Waals surface area contributed by atoms with Crippen LogP contribution in [-0.2, 0) is 9.53 Å². The number of hydrogen-bond acceptors (Lipinski definition) is 3. The number of likely N-dealkylation sites (tertiary alicyclic amines) is 1. The Kier molecular flexibility index (Phi) is 6.52. The Morgan fingerprint density at radius 2 is 2.24 bits per heavy atom. The molecule has 100 valence electrons. The lowest BCUT2D eigenvalue weighted by atomic mass is 9.90. The summed E-state index contributed by atoms with van der Waals surface area (Å²) >= 11 is 0. The molecule has 0 aliphatic carbocycles. The predicted octanol–water partition coefficient (Wildman–Crippen LogP) is 1.39. The zero-order valence-electron chi connectivity index (χ0n) is 11.2. The first-order valence-electron chi connectivity index (χ1n) is 6.80. The third kappa shape index (κ3) is 4.64. The molecule has 2 atom stereocenters. The summed E-state index contributed by atoms with van der Waals surface area (Å²) in [5, 5.41) is 0. The van der Waals surface area contributed by atoms with E-state index in [1.807, 2.05) is 11.8 Å². The summed E-state index contributed by atoms with van der Waals surface area (Å²) in [5.74, 6) is 0.731.